The van der Waals surface area contributed by atoms with Crippen LogP contribution in [0.4, 0.5) is 0 Å². The quantitative estimate of drug-likeness (QED) is 0.300. The number of carboxylic acids is 1. The molecule has 0 aliphatic rings. The molecule has 30 heavy (non-hydrogen) atoms. The number of hydrogen-bond acceptors (Lipinski definition) is 5. The van der Waals surface area contributed by atoms with Crippen LogP contribution in [0, 0.1) is 0 Å². The Bertz CT molecular complexity index is 1120. The van der Waals surface area contributed by atoms with E-state index in [-0.39, 0.29) is 17.1 Å². The molecule has 3 aromatic carbocycles. The van der Waals surface area contributed by atoms with Gasteiger partial charge < -0.3 is 20.1 Å². The molecular formula is C21H15Br2O6P. The highest BCUT2D eigenvalue weighted by atomic mass is 79.9. The normalized spacial score (nSPS) is 13.1. The molecule has 0 aliphatic carbocycles. The van der Waals surface area contributed by atoms with Crippen molar-refractivity contribution in [1.82, 2.24) is 0 Å². The van der Waals surface area contributed by atoms with Crippen molar-refractivity contribution in [2.45, 2.75) is 12.3 Å². The lowest BCUT2D eigenvalue weighted by atomic mass is 10.0. The molecule has 0 amide bonds. The highest BCUT2D eigenvalue weighted by Gasteiger charge is 2.26. The fourth-order valence-electron chi connectivity index (χ4n) is 2.76. The van der Waals surface area contributed by atoms with Gasteiger partial charge in [0.2, 0.25) is 0 Å². The number of halogens is 2. The summed E-state index contributed by atoms with van der Waals surface area (Å²) in [6.07, 6.45) is 0. The van der Waals surface area contributed by atoms with Crippen molar-refractivity contribution in [3.05, 3.63) is 74.7 Å². The molecule has 6 nitrogen and oxygen atoms in total. The summed E-state index contributed by atoms with van der Waals surface area (Å²) >= 11 is 6.74. The summed E-state index contributed by atoms with van der Waals surface area (Å²) in [6, 6.07) is 14.1. The van der Waals surface area contributed by atoms with Crippen molar-refractivity contribution in [2.75, 3.05) is 0 Å². The molecule has 1 unspecified atom stereocenters. The van der Waals surface area contributed by atoms with E-state index in [2.05, 4.69) is 31.9 Å². The van der Waals surface area contributed by atoms with E-state index in [4.69, 9.17) is 4.74 Å². The smallest absolute Gasteiger partial charge is 0.335 e. The van der Waals surface area contributed by atoms with Crippen LogP contribution in [-0.2, 0) is 9.91 Å². The molecule has 3 N–H and O–H groups in total. The lowest BCUT2D eigenvalue weighted by Gasteiger charge is -2.18. The predicted octanol–water partition coefficient (Wildman–Crippen LogP) is 6.53. The summed E-state index contributed by atoms with van der Waals surface area (Å²) in [5, 5.41) is 28.3. The number of phenols is 1. The first kappa shape index (κ1) is 22.4. The number of phenolic OH excluding ortho intramolecular Hbond substituents is 1. The van der Waals surface area contributed by atoms with Gasteiger partial charge in [0.1, 0.15) is 11.5 Å². The largest absolute Gasteiger partial charge is 0.507 e. The van der Waals surface area contributed by atoms with Gasteiger partial charge in [0.05, 0.1) is 14.5 Å². The molecule has 0 heterocycles. The third kappa shape index (κ3) is 4.73. The van der Waals surface area contributed by atoms with E-state index in [1.807, 2.05) is 0 Å². The minimum atomic E-state index is -1.58. The van der Waals surface area contributed by atoms with Crippen LogP contribution >= 0.6 is 40.3 Å². The molecule has 0 bridgehead atoms. The number of aliphatic hydroxyl groups is 1. The fraction of sp³-hybridized carbons (Fsp3) is 0.0952. The molecule has 0 spiro atoms. The van der Waals surface area contributed by atoms with Gasteiger partial charge >= 0.3 is 5.97 Å². The van der Waals surface area contributed by atoms with Gasteiger partial charge in [0.15, 0.2) is 19.6 Å². The summed E-state index contributed by atoms with van der Waals surface area (Å²) in [5.74, 6) is -0.563. The van der Waals surface area contributed by atoms with Crippen molar-refractivity contribution in [1.29, 1.82) is 0 Å². The van der Waals surface area contributed by atoms with Gasteiger partial charge in [-0.3, -0.25) is 4.57 Å². The number of para-hydroxylation sites is 1. The van der Waals surface area contributed by atoms with Crippen molar-refractivity contribution < 1.29 is 29.4 Å². The number of benzene rings is 3. The standard InChI is InChI=1S/C21H15Br2O6P/c1-21(27,30-28)13-9-16(22)19(17(23)10-13)29-14-7-11(6-12(8-14)20(25)26)15-4-2-3-5-18(15)24/h2-10,24,27H,1H3,(H,25,26). The second-order valence-corrected chi connectivity index (χ2v) is 9.31. The average Bonchev–Trinajstić information content (AvgIpc) is 2.70. The molecule has 0 radical (unpaired) electrons. The van der Waals surface area contributed by atoms with Crippen LogP contribution in [-0.4, -0.2) is 21.3 Å². The molecule has 1 atom stereocenters. The summed E-state index contributed by atoms with van der Waals surface area (Å²) < 4.78 is 18.1. The van der Waals surface area contributed by atoms with Crippen molar-refractivity contribution in [2.24, 2.45) is 0 Å². The Morgan fingerprint density at radius 1 is 1.07 bits per heavy atom. The van der Waals surface area contributed by atoms with Crippen LogP contribution in [0.2, 0.25) is 0 Å². The molecule has 0 aromatic heterocycles. The zero-order chi connectivity index (χ0) is 22.1. The maximum Gasteiger partial charge on any atom is 0.335 e. The summed E-state index contributed by atoms with van der Waals surface area (Å²) in [5.41, 5.74) is 1.31. The predicted molar refractivity (Wildman–Crippen MR) is 120 cm³/mol. The second-order valence-electron chi connectivity index (χ2n) is 6.55. The first-order chi connectivity index (χ1) is 14.1. The summed E-state index contributed by atoms with van der Waals surface area (Å²) in [7, 11) is -0.459. The SMILES string of the molecule is CC(O)(P=O)c1cc(Br)c(Oc2cc(C(=O)O)cc(-c3ccccc3O)c2)c(Br)c1. The van der Waals surface area contributed by atoms with E-state index in [1.165, 1.54) is 25.1 Å². The Kier molecular flexibility index (Phi) is 6.62. The van der Waals surface area contributed by atoms with Crippen LogP contribution in [0.5, 0.6) is 17.2 Å². The molecule has 0 aliphatic heterocycles. The average molecular weight is 554 g/mol. The van der Waals surface area contributed by atoms with Crippen LogP contribution in [0.1, 0.15) is 22.8 Å². The Morgan fingerprint density at radius 3 is 2.27 bits per heavy atom. The first-order valence-electron chi connectivity index (χ1n) is 8.53. The van der Waals surface area contributed by atoms with Gasteiger partial charge in [-0.2, -0.15) is 0 Å². The zero-order valence-electron chi connectivity index (χ0n) is 15.5. The maximum atomic E-state index is 11.6. The zero-order valence-corrected chi connectivity index (χ0v) is 19.5. The van der Waals surface area contributed by atoms with Gasteiger partial charge in [0.25, 0.3) is 0 Å². The third-order valence-electron chi connectivity index (χ3n) is 4.31. The van der Waals surface area contributed by atoms with Crippen LogP contribution in [0.3, 0.4) is 0 Å². The van der Waals surface area contributed by atoms with Gasteiger partial charge in [-0.25, -0.2) is 4.79 Å². The highest BCUT2D eigenvalue weighted by Crippen LogP contribution is 2.43. The van der Waals surface area contributed by atoms with Gasteiger partial charge in [-0.05, 0) is 86.3 Å². The summed E-state index contributed by atoms with van der Waals surface area (Å²) in [4.78, 5) is 11.6. The molecule has 0 saturated heterocycles. The molecule has 3 aromatic rings. The van der Waals surface area contributed by atoms with Gasteiger partial charge in [-0.15, -0.1) is 0 Å². The number of rotatable bonds is 6. The number of aromatic carboxylic acids is 1. The van der Waals surface area contributed by atoms with Crippen LogP contribution in [0.25, 0.3) is 11.1 Å². The molecule has 3 rings (SSSR count). The monoisotopic (exact) mass is 552 g/mol. The number of ether oxygens (including phenoxy) is 1. The van der Waals surface area contributed by atoms with E-state index in [1.54, 1.807) is 36.4 Å². The van der Waals surface area contributed by atoms with Crippen LogP contribution in [0.15, 0.2) is 63.5 Å². The number of carboxylic acid groups (broad SMARTS) is 1. The maximum absolute atomic E-state index is 11.6. The lowest BCUT2D eigenvalue weighted by Crippen LogP contribution is -2.12. The Labute approximate surface area is 190 Å². The molecule has 0 fully saturated rings. The minimum absolute atomic E-state index is 0.0108. The van der Waals surface area contributed by atoms with E-state index in [0.29, 0.717) is 31.4 Å². The molecule has 0 saturated carbocycles. The number of hydrogen-bond donors (Lipinski definition) is 3. The Balaban J connectivity index is 2.08. The van der Waals surface area contributed by atoms with Crippen molar-refractivity contribution >= 4 is 46.3 Å². The van der Waals surface area contributed by atoms with E-state index in [9.17, 15) is 24.7 Å². The van der Waals surface area contributed by atoms with E-state index >= 15 is 0 Å². The Hall–Kier alpha value is -2.25. The number of aromatic hydroxyl groups is 1. The molecule has 154 valence electrons. The minimum Gasteiger partial charge on any atom is -0.507 e. The molecule has 9 heteroatoms. The van der Waals surface area contributed by atoms with E-state index < -0.39 is 19.8 Å². The Morgan fingerprint density at radius 2 is 1.70 bits per heavy atom. The van der Waals surface area contributed by atoms with E-state index in [0.717, 1.165) is 0 Å². The summed E-state index contributed by atoms with van der Waals surface area (Å²) in [6.45, 7) is 1.41. The second kappa shape index (κ2) is 8.86. The first-order valence-corrected chi connectivity index (χ1v) is 10.9. The fourth-order valence-corrected chi connectivity index (χ4v) is 4.34. The van der Waals surface area contributed by atoms with Crippen molar-refractivity contribution in [3.63, 3.8) is 0 Å². The van der Waals surface area contributed by atoms with Gasteiger partial charge in [0, 0.05) is 5.56 Å². The lowest BCUT2D eigenvalue weighted by molar-refractivity contribution is 0.0696. The highest BCUT2D eigenvalue weighted by molar-refractivity contribution is 9.11. The van der Waals surface area contributed by atoms with Crippen molar-refractivity contribution in [3.8, 4) is 28.4 Å². The topological polar surface area (TPSA) is 104 Å². The molecular weight excluding hydrogens is 539 g/mol. The third-order valence-corrected chi connectivity index (χ3v) is 6.10. The van der Waals surface area contributed by atoms with Crippen LogP contribution < -0.4 is 4.74 Å². The number of carbonyl (C=O) groups is 1. The van der Waals surface area contributed by atoms with Gasteiger partial charge in [-0.1, -0.05) is 18.2 Å².